The standard InChI is InChI=1S/C13H19FN6O3S/c14-13-18-10(16)7-11(19-13)20(5-17-7)12-9(22)8(21)6(23-12)4-24-3-1-2-15/h5-6,8-9,12,21-22H,1-4,15H2,(H2,16,18,19)/t6-,8-,9-,12-/m1/s1. The highest BCUT2D eigenvalue weighted by Gasteiger charge is 2.44. The minimum absolute atomic E-state index is 0.0989. The van der Waals surface area contributed by atoms with Gasteiger partial charge in [-0.1, -0.05) is 0 Å². The Bertz CT molecular complexity index is 716. The van der Waals surface area contributed by atoms with Crippen molar-refractivity contribution in [2.45, 2.75) is 31.0 Å². The molecule has 2 aromatic heterocycles. The molecule has 4 atom stereocenters. The van der Waals surface area contributed by atoms with E-state index in [0.29, 0.717) is 12.3 Å². The van der Waals surface area contributed by atoms with Crippen molar-refractivity contribution >= 4 is 28.7 Å². The lowest BCUT2D eigenvalue weighted by atomic mass is 10.1. The normalized spacial score (nSPS) is 27.2. The third-order valence-corrected chi connectivity index (χ3v) is 4.95. The summed E-state index contributed by atoms with van der Waals surface area (Å²) in [6.45, 7) is 0.597. The van der Waals surface area contributed by atoms with Gasteiger partial charge in [-0.25, -0.2) is 4.98 Å². The third-order valence-electron chi connectivity index (χ3n) is 3.81. The molecule has 0 aliphatic carbocycles. The number of ether oxygens (including phenoxy) is 1. The van der Waals surface area contributed by atoms with Crippen LogP contribution in [0, 0.1) is 6.08 Å². The largest absolute Gasteiger partial charge is 0.387 e. The fraction of sp³-hybridized carbons (Fsp3) is 0.615. The summed E-state index contributed by atoms with van der Waals surface area (Å²) < 4.78 is 20.5. The minimum atomic E-state index is -1.19. The molecule has 3 heterocycles. The average Bonchev–Trinajstić information content (AvgIpc) is 3.07. The van der Waals surface area contributed by atoms with Crippen molar-refractivity contribution in [3.8, 4) is 0 Å². The lowest BCUT2D eigenvalue weighted by molar-refractivity contribution is -0.0289. The Balaban J connectivity index is 1.80. The number of imidazole rings is 1. The van der Waals surface area contributed by atoms with E-state index in [1.54, 1.807) is 11.8 Å². The minimum Gasteiger partial charge on any atom is -0.387 e. The number of nitrogen functional groups attached to an aromatic ring is 1. The summed E-state index contributed by atoms with van der Waals surface area (Å²) in [5.41, 5.74) is 11.4. The number of nitrogens with zero attached hydrogens (tertiary/aromatic N) is 4. The molecule has 0 saturated carbocycles. The van der Waals surface area contributed by atoms with E-state index in [-0.39, 0.29) is 17.0 Å². The molecular formula is C13H19FN6O3S. The second-order valence-corrected chi connectivity index (χ2v) is 6.62. The monoisotopic (exact) mass is 358 g/mol. The number of aromatic nitrogens is 4. The van der Waals surface area contributed by atoms with Crippen LogP contribution in [0.5, 0.6) is 0 Å². The number of aliphatic hydroxyl groups is 2. The highest BCUT2D eigenvalue weighted by atomic mass is 32.2. The van der Waals surface area contributed by atoms with Crippen LogP contribution < -0.4 is 11.5 Å². The molecule has 0 aromatic carbocycles. The predicted molar refractivity (Wildman–Crippen MR) is 86.6 cm³/mol. The van der Waals surface area contributed by atoms with E-state index in [0.717, 1.165) is 12.2 Å². The van der Waals surface area contributed by atoms with Gasteiger partial charge in [0.05, 0.1) is 12.4 Å². The first-order chi connectivity index (χ1) is 11.5. The van der Waals surface area contributed by atoms with Crippen molar-refractivity contribution in [3.05, 3.63) is 12.4 Å². The number of hydrogen-bond donors (Lipinski definition) is 4. The highest BCUT2D eigenvalue weighted by molar-refractivity contribution is 7.99. The molecule has 11 heteroatoms. The molecule has 24 heavy (non-hydrogen) atoms. The zero-order chi connectivity index (χ0) is 17.3. The highest BCUT2D eigenvalue weighted by Crippen LogP contribution is 2.33. The summed E-state index contributed by atoms with van der Waals surface area (Å²) in [6.07, 6.45) is -2.55. The third kappa shape index (κ3) is 3.17. The van der Waals surface area contributed by atoms with Crippen LogP contribution in [0.2, 0.25) is 0 Å². The smallest absolute Gasteiger partial charge is 0.312 e. The molecule has 9 nitrogen and oxygen atoms in total. The topological polar surface area (TPSA) is 145 Å². The van der Waals surface area contributed by atoms with Crippen LogP contribution in [0.1, 0.15) is 12.6 Å². The summed E-state index contributed by atoms with van der Waals surface area (Å²) in [4.78, 5) is 11.1. The van der Waals surface area contributed by atoms with E-state index in [9.17, 15) is 14.6 Å². The first kappa shape index (κ1) is 17.3. The van der Waals surface area contributed by atoms with Gasteiger partial charge in [0.2, 0.25) is 0 Å². The SMILES string of the molecule is NCCCSC[C@H]1O[C@@H](n2cnc3c(N)nc(F)nc32)[C@H](O)[C@@H]1O. The maximum Gasteiger partial charge on any atom is 0.312 e. The Morgan fingerprint density at radius 1 is 1.33 bits per heavy atom. The second kappa shape index (κ2) is 7.15. The van der Waals surface area contributed by atoms with Gasteiger partial charge in [-0.15, -0.1) is 0 Å². The van der Waals surface area contributed by atoms with E-state index in [1.807, 2.05) is 0 Å². The maximum atomic E-state index is 13.4. The van der Waals surface area contributed by atoms with Crippen LogP contribution >= 0.6 is 11.8 Å². The van der Waals surface area contributed by atoms with E-state index in [4.69, 9.17) is 16.2 Å². The van der Waals surface area contributed by atoms with E-state index in [2.05, 4.69) is 15.0 Å². The number of nitrogens with two attached hydrogens (primary N) is 2. The second-order valence-electron chi connectivity index (χ2n) is 5.47. The fourth-order valence-electron chi connectivity index (χ4n) is 2.58. The van der Waals surface area contributed by atoms with Crippen LogP contribution in [-0.2, 0) is 4.74 Å². The van der Waals surface area contributed by atoms with Crippen LogP contribution in [0.4, 0.5) is 10.2 Å². The van der Waals surface area contributed by atoms with Crippen molar-refractivity contribution in [1.82, 2.24) is 19.5 Å². The Kier molecular flexibility index (Phi) is 5.15. The van der Waals surface area contributed by atoms with Gasteiger partial charge < -0.3 is 26.4 Å². The molecular weight excluding hydrogens is 339 g/mol. The van der Waals surface area contributed by atoms with Crippen LogP contribution in [0.3, 0.4) is 0 Å². The quantitative estimate of drug-likeness (QED) is 0.387. The van der Waals surface area contributed by atoms with E-state index >= 15 is 0 Å². The number of hydrogen-bond acceptors (Lipinski definition) is 9. The van der Waals surface area contributed by atoms with Gasteiger partial charge in [-0.3, -0.25) is 4.57 Å². The van der Waals surface area contributed by atoms with Crippen LogP contribution in [0.25, 0.3) is 11.2 Å². The Morgan fingerprint density at radius 3 is 2.88 bits per heavy atom. The molecule has 1 fully saturated rings. The number of rotatable bonds is 6. The van der Waals surface area contributed by atoms with Crippen molar-refractivity contribution in [1.29, 1.82) is 0 Å². The summed E-state index contributed by atoms with van der Waals surface area (Å²) in [5.74, 6) is 1.25. The first-order valence-corrected chi connectivity index (χ1v) is 8.63. The molecule has 1 aliphatic rings. The van der Waals surface area contributed by atoms with Gasteiger partial charge >= 0.3 is 6.08 Å². The Morgan fingerprint density at radius 2 is 2.12 bits per heavy atom. The van der Waals surface area contributed by atoms with Crippen LogP contribution in [-0.4, -0.2) is 66.1 Å². The molecule has 6 N–H and O–H groups in total. The summed E-state index contributed by atoms with van der Waals surface area (Å²) >= 11 is 1.58. The van der Waals surface area contributed by atoms with Crippen molar-refractivity contribution < 1.29 is 19.3 Å². The molecule has 0 bridgehead atoms. The average molecular weight is 358 g/mol. The molecule has 0 spiro atoms. The molecule has 0 unspecified atom stereocenters. The van der Waals surface area contributed by atoms with E-state index < -0.39 is 30.6 Å². The van der Waals surface area contributed by atoms with Gasteiger partial charge in [0.15, 0.2) is 23.2 Å². The maximum absolute atomic E-state index is 13.4. The van der Waals surface area contributed by atoms with Crippen LogP contribution in [0.15, 0.2) is 6.33 Å². The lowest BCUT2D eigenvalue weighted by Crippen LogP contribution is -2.32. The predicted octanol–water partition coefficient (Wildman–Crippen LogP) is -0.751. The van der Waals surface area contributed by atoms with Gasteiger partial charge in [-0.2, -0.15) is 26.1 Å². The van der Waals surface area contributed by atoms with Gasteiger partial charge in [0, 0.05) is 5.75 Å². The van der Waals surface area contributed by atoms with Crippen molar-refractivity contribution in [2.75, 3.05) is 23.8 Å². The van der Waals surface area contributed by atoms with Crippen molar-refractivity contribution in [2.24, 2.45) is 5.73 Å². The summed E-state index contributed by atoms with van der Waals surface area (Å²) in [5, 5.41) is 20.5. The number of aliphatic hydroxyl groups excluding tert-OH is 2. The zero-order valence-electron chi connectivity index (χ0n) is 12.7. The lowest BCUT2D eigenvalue weighted by Gasteiger charge is -2.16. The molecule has 2 aromatic rings. The van der Waals surface area contributed by atoms with E-state index in [1.165, 1.54) is 10.9 Å². The Labute approximate surface area is 141 Å². The number of thioether (sulfide) groups is 1. The first-order valence-electron chi connectivity index (χ1n) is 7.48. The summed E-state index contributed by atoms with van der Waals surface area (Å²) in [6, 6.07) is 0. The Hall–Kier alpha value is -1.53. The number of fused-ring (bicyclic) bond motifs is 1. The molecule has 0 radical (unpaired) electrons. The number of anilines is 1. The molecule has 1 saturated heterocycles. The zero-order valence-corrected chi connectivity index (χ0v) is 13.6. The molecule has 132 valence electrons. The van der Waals surface area contributed by atoms with Gasteiger partial charge in [0.1, 0.15) is 12.2 Å². The number of halogens is 1. The molecule has 1 aliphatic heterocycles. The fourth-order valence-corrected chi connectivity index (χ4v) is 3.62. The molecule has 3 rings (SSSR count). The van der Waals surface area contributed by atoms with Gasteiger partial charge in [-0.05, 0) is 18.7 Å². The summed E-state index contributed by atoms with van der Waals surface area (Å²) in [7, 11) is 0. The molecule has 0 amide bonds. The van der Waals surface area contributed by atoms with Gasteiger partial charge in [0.25, 0.3) is 0 Å². The van der Waals surface area contributed by atoms with Crippen molar-refractivity contribution in [3.63, 3.8) is 0 Å².